The highest BCUT2D eigenvalue weighted by Gasteiger charge is 2.30. The largest absolute Gasteiger partial charge is 0.465 e. The monoisotopic (exact) mass is 483 g/mol. The molecule has 1 aliphatic heterocycles. The maximum Gasteiger partial charge on any atom is 0.353 e. The van der Waals surface area contributed by atoms with E-state index in [1.807, 2.05) is 12.1 Å². The molecule has 2 aromatic rings. The van der Waals surface area contributed by atoms with Crippen molar-refractivity contribution in [2.45, 2.75) is 45.7 Å². The van der Waals surface area contributed by atoms with Crippen molar-refractivity contribution >= 4 is 29.2 Å². The van der Waals surface area contributed by atoms with Crippen LogP contribution in [-0.2, 0) is 22.6 Å². The Labute approximate surface area is 204 Å². The number of nitrogens with two attached hydrogens (primary N) is 1. The average molecular weight is 484 g/mol. The van der Waals surface area contributed by atoms with Crippen LogP contribution in [0.15, 0.2) is 24.3 Å². The highest BCUT2D eigenvalue weighted by molar-refractivity contribution is 5.79. The minimum atomic E-state index is -0.600. The number of nitrogens with one attached hydrogen (secondary N) is 1. The van der Waals surface area contributed by atoms with Crippen molar-refractivity contribution in [3.63, 3.8) is 0 Å². The summed E-state index contributed by atoms with van der Waals surface area (Å²) in [5.74, 6) is 0.0209. The van der Waals surface area contributed by atoms with E-state index in [1.54, 1.807) is 11.8 Å². The van der Waals surface area contributed by atoms with Gasteiger partial charge < -0.3 is 20.7 Å². The number of hydrogen-bond acceptors (Lipinski definition) is 10. The van der Waals surface area contributed by atoms with Gasteiger partial charge >= 0.3 is 11.7 Å². The molecule has 0 radical (unpaired) electrons. The molecule has 3 N–H and O–H groups in total. The lowest BCUT2D eigenvalue weighted by Gasteiger charge is -2.24. The number of likely N-dealkylation sites (tertiary alicyclic amines) is 1. The Kier molecular flexibility index (Phi) is 7.96. The van der Waals surface area contributed by atoms with E-state index in [1.165, 1.54) is 12.8 Å². The van der Waals surface area contributed by atoms with E-state index < -0.39 is 16.6 Å². The molecule has 2 aliphatic rings. The van der Waals surface area contributed by atoms with Crippen LogP contribution in [0.25, 0.3) is 0 Å². The smallest absolute Gasteiger partial charge is 0.353 e. The minimum absolute atomic E-state index is 0.00111. The van der Waals surface area contributed by atoms with Gasteiger partial charge in [0.25, 0.3) is 0 Å². The number of carbonyl (C=O) groups excluding carboxylic acids is 1. The van der Waals surface area contributed by atoms with Crippen molar-refractivity contribution in [2.75, 3.05) is 48.7 Å². The predicted octanol–water partition coefficient (Wildman–Crippen LogP) is 2.95. The summed E-state index contributed by atoms with van der Waals surface area (Å²) in [6, 6.07) is 8.05. The van der Waals surface area contributed by atoms with Crippen LogP contribution in [0.5, 0.6) is 0 Å². The second kappa shape index (κ2) is 11.3. The molecule has 0 bridgehead atoms. The summed E-state index contributed by atoms with van der Waals surface area (Å²) in [5, 5.41) is 15.1. The zero-order valence-electron chi connectivity index (χ0n) is 20.1. The van der Waals surface area contributed by atoms with E-state index in [2.05, 4.69) is 32.3 Å². The lowest BCUT2D eigenvalue weighted by molar-refractivity contribution is -0.383. The van der Waals surface area contributed by atoms with Crippen molar-refractivity contribution in [1.29, 1.82) is 0 Å². The van der Waals surface area contributed by atoms with Crippen LogP contribution >= 0.6 is 0 Å². The Morgan fingerprint density at radius 2 is 2.03 bits per heavy atom. The Morgan fingerprint density at radius 3 is 2.71 bits per heavy atom. The molecular formula is C24H33N7O4. The molecule has 2 fully saturated rings. The van der Waals surface area contributed by atoms with Crippen LogP contribution in [0, 0.1) is 16.0 Å². The number of carbonyl (C=O) groups is 1. The third kappa shape index (κ3) is 6.78. The first-order valence-electron chi connectivity index (χ1n) is 12.2. The van der Waals surface area contributed by atoms with E-state index >= 15 is 0 Å². The molecule has 11 nitrogen and oxygen atoms in total. The van der Waals surface area contributed by atoms with Gasteiger partial charge in [-0.3, -0.25) is 19.8 Å². The SMILES string of the molecule is CCOC(=O)CN(Cc1cccc(CN2CCCC2)c1)c1nc(NCC2CC2)nc(N)c1[N+](=O)[O-]. The van der Waals surface area contributed by atoms with E-state index in [4.69, 9.17) is 10.5 Å². The van der Waals surface area contributed by atoms with Crippen LogP contribution in [0.2, 0.25) is 0 Å². The predicted molar refractivity (Wildman–Crippen MR) is 133 cm³/mol. The first kappa shape index (κ1) is 24.6. The summed E-state index contributed by atoms with van der Waals surface area (Å²) in [5.41, 5.74) is 7.65. The summed E-state index contributed by atoms with van der Waals surface area (Å²) in [6.07, 6.45) is 4.68. The van der Waals surface area contributed by atoms with Gasteiger partial charge in [0.2, 0.25) is 17.6 Å². The van der Waals surface area contributed by atoms with Crippen LogP contribution in [0.4, 0.5) is 23.3 Å². The van der Waals surface area contributed by atoms with Gasteiger partial charge in [0, 0.05) is 19.6 Å². The van der Waals surface area contributed by atoms with Gasteiger partial charge in [-0.05, 0) is 62.7 Å². The fraction of sp³-hybridized carbons (Fsp3) is 0.542. The van der Waals surface area contributed by atoms with Crippen molar-refractivity contribution in [3.8, 4) is 0 Å². The summed E-state index contributed by atoms with van der Waals surface area (Å²) >= 11 is 0. The maximum absolute atomic E-state index is 12.5. The normalized spacial score (nSPS) is 15.7. The highest BCUT2D eigenvalue weighted by atomic mass is 16.6. The molecule has 2 heterocycles. The molecule has 1 aliphatic carbocycles. The van der Waals surface area contributed by atoms with Crippen molar-refractivity contribution in [3.05, 3.63) is 45.5 Å². The molecule has 1 aromatic carbocycles. The van der Waals surface area contributed by atoms with Gasteiger partial charge in [-0.1, -0.05) is 24.3 Å². The van der Waals surface area contributed by atoms with Crippen LogP contribution in [0.3, 0.4) is 0 Å². The summed E-state index contributed by atoms with van der Waals surface area (Å²) in [4.78, 5) is 36.3. The van der Waals surface area contributed by atoms with Gasteiger partial charge in [-0.25, -0.2) is 0 Å². The number of aromatic nitrogens is 2. The number of anilines is 3. The van der Waals surface area contributed by atoms with Crippen molar-refractivity contribution in [1.82, 2.24) is 14.9 Å². The van der Waals surface area contributed by atoms with E-state index in [-0.39, 0.29) is 37.3 Å². The Bertz CT molecular complexity index is 1050. The summed E-state index contributed by atoms with van der Waals surface area (Å²) in [7, 11) is 0. The molecule has 188 valence electrons. The zero-order chi connectivity index (χ0) is 24.8. The van der Waals surface area contributed by atoms with Gasteiger partial charge in [-0.15, -0.1) is 0 Å². The Hall–Kier alpha value is -3.47. The lowest BCUT2D eigenvalue weighted by Crippen LogP contribution is -2.32. The average Bonchev–Trinajstić information content (AvgIpc) is 3.51. The molecular weight excluding hydrogens is 450 g/mol. The van der Waals surface area contributed by atoms with Crippen molar-refractivity contribution < 1.29 is 14.5 Å². The topological polar surface area (TPSA) is 140 Å². The highest BCUT2D eigenvalue weighted by Crippen LogP contribution is 2.34. The quantitative estimate of drug-likeness (QED) is 0.263. The second-order valence-electron chi connectivity index (χ2n) is 9.15. The van der Waals surface area contributed by atoms with Crippen molar-refractivity contribution in [2.24, 2.45) is 5.92 Å². The van der Waals surface area contributed by atoms with Gasteiger partial charge in [0.05, 0.1) is 11.5 Å². The number of esters is 1. The lowest BCUT2D eigenvalue weighted by atomic mass is 10.1. The van der Waals surface area contributed by atoms with Gasteiger partial charge in [0.1, 0.15) is 6.54 Å². The van der Waals surface area contributed by atoms with Gasteiger partial charge in [0.15, 0.2) is 0 Å². The third-order valence-corrected chi connectivity index (χ3v) is 6.22. The number of nitrogen functional groups attached to an aromatic ring is 1. The Morgan fingerprint density at radius 1 is 1.29 bits per heavy atom. The molecule has 1 saturated heterocycles. The molecule has 11 heteroatoms. The summed E-state index contributed by atoms with van der Waals surface area (Å²) < 4.78 is 5.14. The number of rotatable bonds is 12. The molecule has 35 heavy (non-hydrogen) atoms. The van der Waals surface area contributed by atoms with E-state index in [9.17, 15) is 14.9 Å². The minimum Gasteiger partial charge on any atom is -0.465 e. The Balaban J connectivity index is 1.63. The number of nitrogens with zero attached hydrogens (tertiary/aromatic N) is 5. The fourth-order valence-corrected chi connectivity index (χ4v) is 4.31. The van der Waals surface area contributed by atoms with E-state index in [0.717, 1.165) is 43.6 Å². The molecule has 0 amide bonds. The second-order valence-corrected chi connectivity index (χ2v) is 9.15. The molecule has 4 rings (SSSR count). The maximum atomic E-state index is 12.5. The number of nitro groups is 1. The molecule has 1 aromatic heterocycles. The zero-order valence-corrected chi connectivity index (χ0v) is 20.1. The fourth-order valence-electron chi connectivity index (χ4n) is 4.31. The first-order valence-corrected chi connectivity index (χ1v) is 12.2. The number of benzene rings is 1. The number of hydrogen-bond donors (Lipinski definition) is 2. The number of ether oxygens (including phenoxy) is 1. The van der Waals surface area contributed by atoms with Crippen LogP contribution < -0.4 is 16.0 Å². The van der Waals surface area contributed by atoms with E-state index in [0.29, 0.717) is 12.5 Å². The summed E-state index contributed by atoms with van der Waals surface area (Å²) in [6.45, 7) is 5.64. The van der Waals surface area contributed by atoms with Crippen LogP contribution in [-0.4, -0.2) is 58.5 Å². The standard InChI is InChI=1S/C24H33N7O4/c1-2-35-20(32)16-30(15-19-7-5-6-18(12-19)14-29-10-3-4-11-29)23-21(31(33)34)22(25)27-24(28-23)26-13-17-8-9-17/h5-7,12,17H,2-4,8-11,13-16H2,1H3,(H3,25,26,27,28). The third-order valence-electron chi connectivity index (χ3n) is 6.22. The first-order chi connectivity index (χ1) is 16.9. The van der Waals surface area contributed by atoms with Gasteiger partial charge in [-0.2, -0.15) is 9.97 Å². The molecule has 0 spiro atoms. The molecule has 1 saturated carbocycles. The van der Waals surface area contributed by atoms with Crippen LogP contribution in [0.1, 0.15) is 43.7 Å². The molecule has 0 atom stereocenters. The molecule has 0 unspecified atom stereocenters.